The van der Waals surface area contributed by atoms with Gasteiger partial charge in [0.25, 0.3) is 0 Å². The van der Waals surface area contributed by atoms with Gasteiger partial charge < -0.3 is 5.11 Å². The van der Waals surface area contributed by atoms with Crippen molar-refractivity contribution in [3.8, 4) is 50.3 Å². The third-order valence-electron chi connectivity index (χ3n) is 8.41. The van der Waals surface area contributed by atoms with Gasteiger partial charge in [0.1, 0.15) is 5.75 Å². The summed E-state index contributed by atoms with van der Waals surface area (Å²) in [6.07, 6.45) is 0.873. The maximum atomic E-state index is 10.1. The molecule has 7 aromatic rings. The second kappa shape index (κ2) is 8.97. The van der Waals surface area contributed by atoms with Crippen molar-refractivity contribution in [1.29, 1.82) is 0 Å². The van der Waals surface area contributed by atoms with Crippen molar-refractivity contribution in [3.05, 3.63) is 151 Å². The summed E-state index contributed by atoms with van der Waals surface area (Å²) in [5.74, 6) is 0.283. The summed E-state index contributed by atoms with van der Waals surface area (Å²) >= 11 is 0. The Labute approximate surface area is 233 Å². The number of rotatable bonds is 3. The van der Waals surface area contributed by atoms with Crippen LogP contribution in [-0.4, -0.2) is 5.11 Å². The molecule has 0 aliphatic heterocycles. The van der Waals surface area contributed by atoms with Gasteiger partial charge in [0.2, 0.25) is 0 Å². The van der Waals surface area contributed by atoms with E-state index in [0.717, 1.165) is 12.0 Å². The lowest BCUT2D eigenvalue weighted by atomic mass is 9.86. The fraction of sp³-hybridized carbons (Fsp3) is 0.0256. The van der Waals surface area contributed by atoms with Gasteiger partial charge in [-0.3, -0.25) is 0 Å². The zero-order chi connectivity index (χ0) is 26.6. The summed E-state index contributed by atoms with van der Waals surface area (Å²) in [6.45, 7) is 0. The molecule has 188 valence electrons. The Bertz CT molecular complexity index is 2070. The standard InChI is InChI=1S/C39H26O/c40-30-18-15-27(16-19-30)39-37(35-14-6-10-26-8-2-4-12-32(26)35)22-21-36-34-20-17-28(23-29(34)24-38(36)39)33-13-5-9-25-7-1-3-11-31(25)33/h1-23,40H,24H2. The molecule has 0 unspecified atom stereocenters. The smallest absolute Gasteiger partial charge is 0.115 e. The van der Waals surface area contributed by atoms with Crippen LogP contribution < -0.4 is 0 Å². The van der Waals surface area contributed by atoms with Crippen molar-refractivity contribution < 1.29 is 5.11 Å². The molecule has 0 saturated heterocycles. The second-order valence-corrected chi connectivity index (χ2v) is 10.7. The van der Waals surface area contributed by atoms with E-state index in [2.05, 4.69) is 115 Å². The Morgan fingerprint density at radius 2 is 1.00 bits per heavy atom. The molecular weight excluding hydrogens is 484 g/mol. The number of hydrogen-bond acceptors (Lipinski definition) is 1. The fourth-order valence-corrected chi connectivity index (χ4v) is 6.56. The molecule has 0 saturated carbocycles. The van der Waals surface area contributed by atoms with E-state index in [1.54, 1.807) is 12.1 Å². The van der Waals surface area contributed by atoms with Crippen LogP contribution in [0.4, 0.5) is 0 Å². The highest BCUT2D eigenvalue weighted by Crippen LogP contribution is 2.48. The Hall–Kier alpha value is -5.14. The highest BCUT2D eigenvalue weighted by molar-refractivity contribution is 6.03. The molecule has 0 aromatic heterocycles. The lowest BCUT2D eigenvalue weighted by molar-refractivity contribution is 0.475. The predicted molar refractivity (Wildman–Crippen MR) is 168 cm³/mol. The topological polar surface area (TPSA) is 20.2 Å². The van der Waals surface area contributed by atoms with Crippen molar-refractivity contribution in [2.45, 2.75) is 6.42 Å². The maximum Gasteiger partial charge on any atom is 0.115 e. The van der Waals surface area contributed by atoms with Crippen molar-refractivity contribution >= 4 is 21.5 Å². The third kappa shape index (κ3) is 3.56. The molecule has 7 aromatic carbocycles. The first-order valence-electron chi connectivity index (χ1n) is 13.8. The molecule has 0 atom stereocenters. The number of benzene rings is 7. The van der Waals surface area contributed by atoms with Crippen LogP contribution in [0.1, 0.15) is 11.1 Å². The maximum absolute atomic E-state index is 10.1. The average molecular weight is 511 g/mol. The largest absolute Gasteiger partial charge is 0.508 e. The number of aromatic hydroxyl groups is 1. The van der Waals surface area contributed by atoms with Crippen LogP contribution in [0.15, 0.2) is 140 Å². The predicted octanol–water partition coefficient (Wildman–Crippen LogP) is 10.3. The van der Waals surface area contributed by atoms with Crippen LogP contribution in [0.3, 0.4) is 0 Å². The van der Waals surface area contributed by atoms with E-state index in [1.165, 1.54) is 71.6 Å². The first kappa shape index (κ1) is 22.8. The zero-order valence-corrected chi connectivity index (χ0v) is 21.9. The SMILES string of the molecule is Oc1ccc(-c2c(-c3cccc4ccccc34)ccc3c2Cc2cc(-c4cccc5ccccc45)ccc2-3)cc1. The fourth-order valence-electron chi connectivity index (χ4n) is 6.56. The summed E-state index contributed by atoms with van der Waals surface area (Å²) in [4.78, 5) is 0. The summed E-state index contributed by atoms with van der Waals surface area (Å²) in [6, 6.07) is 49.6. The Morgan fingerprint density at radius 1 is 0.425 bits per heavy atom. The van der Waals surface area contributed by atoms with Crippen LogP contribution >= 0.6 is 0 Å². The van der Waals surface area contributed by atoms with E-state index in [1.807, 2.05) is 12.1 Å². The highest BCUT2D eigenvalue weighted by atomic mass is 16.3. The van der Waals surface area contributed by atoms with Gasteiger partial charge in [0.05, 0.1) is 0 Å². The van der Waals surface area contributed by atoms with Gasteiger partial charge in [-0.1, -0.05) is 127 Å². The summed E-state index contributed by atoms with van der Waals surface area (Å²) < 4.78 is 0. The third-order valence-corrected chi connectivity index (χ3v) is 8.41. The van der Waals surface area contributed by atoms with Crippen molar-refractivity contribution in [2.75, 3.05) is 0 Å². The van der Waals surface area contributed by atoms with Gasteiger partial charge in [-0.25, -0.2) is 0 Å². The number of phenols is 1. The molecule has 0 bridgehead atoms. The zero-order valence-electron chi connectivity index (χ0n) is 21.9. The minimum Gasteiger partial charge on any atom is -0.508 e. The molecule has 1 aliphatic rings. The molecule has 0 spiro atoms. The quantitative estimate of drug-likeness (QED) is 0.251. The van der Waals surface area contributed by atoms with Crippen molar-refractivity contribution in [3.63, 3.8) is 0 Å². The monoisotopic (exact) mass is 510 g/mol. The molecular formula is C39H26O. The summed E-state index contributed by atoms with van der Waals surface area (Å²) in [7, 11) is 0. The normalized spacial score (nSPS) is 12.0. The summed E-state index contributed by atoms with van der Waals surface area (Å²) in [5, 5.41) is 15.1. The first-order chi connectivity index (χ1) is 19.7. The molecule has 0 radical (unpaired) electrons. The Balaban J connectivity index is 1.33. The van der Waals surface area contributed by atoms with Gasteiger partial charge in [0.15, 0.2) is 0 Å². The van der Waals surface area contributed by atoms with Crippen molar-refractivity contribution in [2.24, 2.45) is 0 Å². The molecule has 40 heavy (non-hydrogen) atoms. The molecule has 0 amide bonds. The summed E-state index contributed by atoms with van der Waals surface area (Å²) in [5.41, 5.74) is 12.7. The minimum atomic E-state index is 0.283. The lowest BCUT2D eigenvalue weighted by Gasteiger charge is -2.17. The molecule has 1 N–H and O–H groups in total. The van der Waals surface area contributed by atoms with E-state index in [9.17, 15) is 5.11 Å². The molecule has 1 heteroatoms. The van der Waals surface area contributed by atoms with Gasteiger partial charge in [0, 0.05) is 0 Å². The minimum absolute atomic E-state index is 0.283. The van der Waals surface area contributed by atoms with E-state index < -0.39 is 0 Å². The van der Waals surface area contributed by atoms with E-state index in [0.29, 0.717) is 0 Å². The van der Waals surface area contributed by atoms with Crippen LogP contribution in [0.2, 0.25) is 0 Å². The second-order valence-electron chi connectivity index (χ2n) is 10.7. The molecule has 0 heterocycles. The van der Waals surface area contributed by atoms with Gasteiger partial charge in [-0.05, 0) is 95.7 Å². The highest BCUT2D eigenvalue weighted by Gasteiger charge is 2.25. The Kier molecular flexibility index (Phi) is 5.11. The van der Waals surface area contributed by atoms with Gasteiger partial charge in [-0.15, -0.1) is 0 Å². The first-order valence-corrected chi connectivity index (χ1v) is 13.8. The number of hydrogen-bond donors (Lipinski definition) is 1. The van der Waals surface area contributed by atoms with Crippen LogP contribution in [0.25, 0.3) is 66.1 Å². The van der Waals surface area contributed by atoms with Crippen LogP contribution in [0, 0.1) is 0 Å². The lowest BCUT2D eigenvalue weighted by Crippen LogP contribution is -1.93. The van der Waals surface area contributed by atoms with Crippen LogP contribution in [-0.2, 0) is 6.42 Å². The van der Waals surface area contributed by atoms with E-state index in [4.69, 9.17) is 0 Å². The average Bonchev–Trinajstić information content (AvgIpc) is 3.38. The van der Waals surface area contributed by atoms with Gasteiger partial charge >= 0.3 is 0 Å². The number of fused-ring (bicyclic) bond motifs is 5. The van der Waals surface area contributed by atoms with Gasteiger partial charge in [-0.2, -0.15) is 0 Å². The molecule has 1 nitrogen and oxygen atoms in total. The number of phenolic OH excluding ortho intramolecular Hbond substituents is 1. The Morgan fingerprint density at radius 3 is 1.75 bits per heavy atom. The van der Waals surface area contributed by atoms with Crippen LogP contribution in [0.5, 0.6) is 5.75 Å². The molecule has 8 rings (SSSR count). The van der Waals surface area contributed by atoms with Crippen molar-refractivity contribution in [1.82, 2.24) is 0 Å². The molecule has 0 fully saturated rings. The molecule has 1 aliphatic carbocycles. The van der Waals surface area contributed by atoms with E-state index >= 15 is 0 Å². The van der Waals surface area contributed by atoms with E-state index in [-0.39, 0.29) is 5.75 Å².